The van der Waals surface area contributed by atoms with Crippen molar-refractivity contribution < 1.29 is 27.1 Å². The van der Waals surface area contributed by atoms with E-state index in [0.29, 0.717) is 34.0 Å². The summed E-state index contributed by atoms with van der Waals surface area (Å²) < 4.78 is 56.5. The minimum atomic E-state index is -4.77. The molecule has 8 nitrogen and oxygen atoms in total. The summed E-state index contributed by atoms with van der Waals surface area (Å²) >= 11 is 5.19. The van der Waals surface area contributed by atoms with Crippen LogP contribution in [0.4, 0.5) is 33.7 Å². The number of halogens is 4. The SMILES string of the molecule is CC(C)c1c(F)cccc1NC(=S)NC(=O)Nc1ccc(-c2ncn(-c3ccc(OC(F)(F)F)cc3)n2)cc1. The Morgan fingerprint density at radius 3 is 2.33 bits per heavy atom. The Kier molecular flexibility index (Phi) is 8.10. The molecule has 0 atom stereocenters. The first-order valence-electron chi connectivity index (χ1n) is 11.5. The summed E-state index contributed by atoms with van der Waals surface area (Å²) in [7, 11) is 0. The highest BCUT2D eigenvalue weighted by molar-refractivity contribution is 7.80. The number of benzene rings is 3. The van der Waals surface area contributed by atoms with E-state index >= 15 is 0 Å². The number of carbonyl (C=O) groups is 1. The molecule has 0 aliphatic rings. The number of thiocarbonyl (C=S) groups is 1. The third-order valence-corrected chi connectivity index (χ3v) is 5.54. The van der Waals surface area contributed by atoms with Crippen LogP contribution >= 0.6 is 12.2 Å². The van der Waals surface area contributed by atoms with E-state index in [4.69, 9.17) is 12.2 Å². The third-order valence-electron chi connectivity index (χ3n) is 5.33. The average molecular weight is 559 g/mol. The lowest BCUT2D eigenvalue weighted by Crippen LogP contribution is -2.37. The van der Waals surface area contributed by atoms with E-state index in [1.54, 1.807) is 36.4 Å². The van der Waals surface area contributed by atoms with Crippen LogP contribution in [0, 0.1) is 5.82 Å². The Balaban J connectivity index is 1.35. The normalized spacial score (nSPS) is 11.3. The molecule has 0 saturated heterocycles. The van der Waals surface area contributed by atoms with Crippen molar-refractivity contribution in [1.82, 2.24) is 20.1 Å². The first kappa shape index (κ1) is 27.5. The Hall–Kier alpha value is -4.52. The standard InChI is InChI=1S/C26H22F4N6O2S/c1-15(2)22-20(27)4-3-5-21(22)33-25(39)34-24(37)32-17-8-6-16(7-9-17)23-31-14-36(35-23)18-10-12-19(13-11-18)38-26(28,29)30/h3-15H,1-2H3,(H3,32,33,34,37,39). The molecule has 0 spiro atoms. The van der Waals surface area contributed by atoms with Crippen LogP contribution in [-0.4, -0.2) is 32.3 Å². The number of rotatable bonds is 6. The highest BCUT2D eigenvalue weighted by Gasteiger charge is 2.31. The quantitative estimate of drug-likeness (QED) is 0.182. The van der Waals surface area contributed by atoms with Gasteiger partial charge in [-0.25, -0.2) is 18.9 Å². The molecule has 4 aromatic rings. The van der Waals surface area contributed by atoms with Gasteiger partial charge >= 0.3 is 12.4 Å². The Morgan fingerprint density at radius 2 is 1.69 bits per heavy atom. The molecule has 13 heteroatoms. The van der Waals surface area contributed by atoms with Crippen LogP contribution in [0.5, 0.6) is 5.75 Å². The number of ether oxygens (including phenoxy) is 1. The predicted octanol–water partition coefficient (Wildman–Crippen LogP) is 6.61. The first-order valence-corrected chi connectivity index (χ1v) is 11.9. The smallest absolute Gasteiger partial charge is 0.406 e. The lowest BCUT2D eigenvalue weighted by atomic mass is 10.0. The monoisotopic (exact) mass is 558 g/mol. The minimum absolute atomic E-state index is 0.00404. The molecule has 0 saturated carbocycles. The van der Waals surface area contributed by atoms with E-state index in [0.717, 1.165) is 0 Å². The topological polar surface area (TPSA) is 93.1 Å². The molecule has 0 aliphatic carbocycles. The summed E-state index contributed by atoms with van der Waals surface area (Å²) in [4.78, 5) is 16.6. The second-order valence-corrected chi connectivity index (χ2v) is 8.93. The zero-order valence-corrected chi connectivity index (χ0v) is 21.4. The van der Waals surface area contributed by atoms with Gasteiger partial charge in [0.15, 0.2) is 10.9 Å². The van der Waals surface area contributed by atoms with Crippen molar-refractivity contribution >= 4 is 34.7 Å². The van der Waals surface area contributed by atoms with Crippen molar-refractivity contribution in [2.75, 3.05) is 10.6 Å². The molecule has 0 radical (unpaired) electrons. The molecule has 0 fully saturated rings. The van der Waals surface area contributed by atoms with Crippen LogP contribution in [0.3, 0.4) is 0 Å². The van der Waals surface area contributed by atoms with Gasteiger partial charge in [0.1, 0.15) is 17.9 Å². The van der Waals surface area contributed by atoms with Crippen molar-refractivity contribution in [2.45, 2.75) is 26.1 Å². The second kappa shape index (κ2) is 11.5. The largest absolute Gasteiger partial charge is 0.573 e. The van der Waals surface area contributed by atoms with Crippen molar-refractivity contribution in [3.05, 3.63) is 84.4 Å². The fourth-order valence-corrected chi connectivity index (χ4v) is 3.88. The van der Waals surface area contributed by atoms with E-state index in [1.807, 2.05) is 13.8 Å². The molecule has 2 amide bonds. The maximum Gasteiger partial charge on any atom is 0.573 e. The van der Waals surface area contributed by atoms with Gasteiger partial charge in [0, 0.05) is 22.5 Å². The van der Waals surface area contributed by atoms with Crippen molar-refractivity contribution in [3.8, 4) is 22.8 Å². The summed E-state index contributed by atoms with van der Waals surface area (Å²) in [5.41, 5.74) is 2.52. The molecular formula is C26H22F4N6O2S. The van der Waals surface area contributed by atoms with Crippen molar-refractivity contribution in [3.63, 3.8) is 0 Å². The maximum absolute atomic E-state index is 14.2. The summed E-state index contributed by atoms with van der Waals surface area (Å²) in [5, 5.41) is 12.3. The summed E-state index contributed by atoms with van der Waals surface area (Å²) in [6.45, 7) is 3.70. The third kappa shape index (κ3) is 7.29. The van der Waals surface area contributed by atoms with Crippen LogP contribution in [-0.2, 0) is 0 Å². The Bertz CT molecular complexity index is 1470. The van der Waals surface area contributed by atoms with Crippen molar-refractivity contribution in [1.29, 1.82) is 0 Å². The minimum Gasteiger partial charge on any atom is -0.406 e. The van der Waals surface area contributed by atoms with Gasteiger partial charge in [-0.05, 0) is 78.8 Å². The molecular weight excluding hydrogens is 536 g/mol. The van der Waals surface area contributed by atoms with Crippen LogP contribution in [0.1, 0.15) is 25.3 Å². The van der Waals surface area contributed by atoms with E-state index < -0.39 is 12.4 Å². The van der Waals surface area contributed by atoms with E-state index in [1.165, 1.54) is 41.3 Å². The zero-order valence-electron chi connectivity index (χ0n) is 20.6. The Morgan fingerprint density at radius 1 is 1.00 bits per heavy atom. The van der Waals surface area contributed by atoms with E-state index in [2.05, 4.69) is 30.8 Å². The molecule has 0 aliphatic heterocycles. The van der Waals surface area contributed by atoms with Gasteiger partial charge in [-0.1, -0.05) is 19.9 Å². The number of nitrogens with one attached hydrogen (secondary N) is 3. The number of urea groups is 1. The molecule has 3 N–H and O–H groups in total. The highest BCUT2D eigenvalue weighted by Crippen LogP contribution is 2.27. The number of hydrogen-bond acceptors (Lipinski definition) is 5. The zero-order chi connectivity index (χ0) is 28.2. The highest BCUT2D eigenvalue weighted by atomic mass is 32.1. The molecule has 202 valence electrons. The van der Waals surface area contributed by atoms with Crippen molar-refractivity contribution in [2.24, 2.45) is 0 Å². The van der Waals surface area contributed by atoms with E-state index in [-0.39, 0.29) is 22.6 Å². The van der Waals surface area contributed by atoms with Crippen LogP contribution < -0.4 is 20.7 Å². The lowest BCUT2D eigenvalue weighted by Gasteiger charge is -2.16. The molecule has 3 aromatic carbocycles. The van der Waals surface area contributed by atoms with Gasteiger partial charge in [0.05, 0.1) is 5.69 Å². The summed E-state index contributed by atoms with van der Waals surface area (Å²) in [6, 6.07) is 15.8. The Labute approximate surface area is 226 Å². The fraction of sp³-hybridized carbons (Fsp3) is 0.154. The number of hydrogen-bond donors (Lipinski definition) is 3. The van der Waals surface area contributed by atoms with Crippen LogP contribution in [0.25, 0.3) is 17.1 Å². The first-order chi connectivity index (χ1) is 18.5. The number of amides is 2. The molecule has 39 heavy (non-hydrogen) atoms. The molecule has 1 aromatic heterocycles. The lowest BCUT2D eigenvalue weighted by molar-refractivity contribution is -0.274. The second-order valence-electron chi connectivity index (χ2n) is 8.52. The van der Waals surface area contributed by atoms with Gasteiger partial charge < -0.3 is 15.4 Å². The fourth-order valence-electron chi connectivity index (χ4n) is 3.67. The van der Waals surface area contributed by atoms with Gasteiger partial charge in [0.2, 0.25) is 0 Å². The van der Waals surface area contributed by atoms with Gasteiger partial charge in [0.25, 0.3) is 0 Å². The van der Waals surface area contributed by atoms with E-state index in [9.17, 15) is 22.4 Å². The number of carbonyl (C=O) groups excluding carboxylic acids is 1. The summed E-state index contributed by atoms with van der Waals surface area (Å²) in [6.07, 6.45) is -3.35. The van der Waals surface area contributed by atoms with Gasteiger partial charge in [-0.3, -0.25) is 5.32 Å². The average Bonchev–Trinajstić information content (AvgIpc) is 3.34. The molecule has 0 bridgehead atoms. The van der Waals surface area contributed by atoms with Gasteiger partial charge in [-0.15, -0.1) is 18.3 Å². The van der Waals surface area contributed by atoms with Crippen LogP contribution in [0.15, 0.2) is 73.1 Å². The maximum atomic E-state index is 14.2. The molecule has 1 heterocycles. The number of alkyl halides is 3. The molecule has 4 rings (SSSR count). The number of nitrogens with zero attached hydrogens (tertiary/aromatic N) is 3. The number of aromatic nitrogens is 3. The molecule has 0 unspecified atom stereocenters. The van der Waals surface area contributed by atoms with Gasteiger partial charge in [-0.2, -0.15) is 0 Å². The number of anilines is 2. The summed E-state index contributed by atoms with van der Waals surface area (Å²) in [5.74, 6) is -0.439. The van der Waals surface area contributed by atoms with Crippen LogP contribution in [0.2, 0.25) is 0 Å². The predicted molar refractivity (Wildman–Crippen MR) is 142 cm³/mol.